The van der Waals surface area contributed by atoms with Crippen LogP contribution in [0.4, 0.5) is 11.4 Å². The van der Waals surface area contributed by atoms with Crippen LogP contribution in [-0.2, 0) is 0 Å². The van der Waals surface area contributed by atoms with E-state index in [1.54, 1.807) is 36.4 Å². The number of hydrogen-bond acceptors (Lipinski definition) is 5. The zero-order valence-electron chi connectivity index (χ0n) is 30.1. The third-order valence-corrected chi connectivity index (χ3v) is 9.93. The second-order valence-corrected chi connectivity index (χ2v) is 13.3. The Hall–Kier alpha value is -8.69. The third kappa shape index (κ3) is 6.19. The maximum Gasteiger partial charge on any atom is 0.188 e. The van der Waals surface area contributed by atoms with E-state index in [0.717, 1.165) is 66.4 Å². The smallest absolute Gasteiger partial charge is 0.188 e. The molecular weight excluding hydrogens is 701 g/mol. The second kappa shape index (κ2) is 14.3. The molecule has 0 radical (unpaired) electrons. The summed E-state index contributed by atoms with van der Waals surface area (Å²) in [6, 6.07) is 54.5. The van der Waals surface area contributed by atoms with E-state index in [1.165, 1.54) is 0 Å². The van der Waals surface area contributed by atoms with Gasteiger partial charge in [-0.3, -0.25) is 0 Å². The lowest BCUT2D eigenvalue weighted by Gasteiger charge is -2.21. The Morgan fingerprint density at radius 3 is 1.42 bits per heavy atom. The van der Waals surface area contributed by atoms with Crippen LogP contribution in [0.25, 0.3) is 93.6 Å². The van der Waals surface area contributed by atoms with Gasteiger partial charge in [-0.15, -0.1) is 0 Å². The summed E-state index contributed by atoms with van der Waals surface area (Å²) in [6.45, 7) is 15.4. The zero-order chi connectivity index (χ0) is 38.9. The van der Waals surface area contributed by atoms with Crippen LogP contribution < -0.4 is 0 Å². The van der Waals surface area contributed by atoms with Gasteiger partial charge < -0.3 is 4.57 Å². The molecule has 57 heavy (non-hydrogen) atoms. The lowest BCUT2D eigenvalue weighted by atomic mass is 9.92. The van der Waals surface area contributed by atoms with E-state index in [9.17, 15) is 10.5 Å². The van der Waals surface area contributed by atoms with Crippen LogP contribution in [-0.4, -0.2) is 19.5 Å². The average molecular weight is 727 g/mol. The molecule has 0 saturated heterocycles. The molecule has 0 atom stereocenters. The minimum atomic E-state index is 0.464. The fraction of sp³-hybridized carbons (Fsp3) is 0. The highest BCUT2D eigenvalue weighted by Gasteiger charge is 2.23. The molecule has 0 fully saturated rings. The average Bonchev–Trinajstić information content (AvgIpc) is 3.61. The van der Waals surface area contributed by atoms with Gasteiger partial charge in [0.05, 0.1) is 53.1 Å². The number of rotatable bonds is 6. The number of hydrogen-bond donors (Lipinski definition) is 0. The van der Waals surface area contributed by atoms with Crippen LogP contribution in [0.2, 0.25) is 0 Å². The normalized spacial score (nSPS) is 10.7. The van der Waals surface area contributed by atoms with Crippen LogP contribution >= 0.6 is 0 Å². The molecule has 0 unspecified atom stereocenters. The van der Waals surface area contributed by atoms with Crippen molar-refractivity contribution in [3.63, 3.8) is 0 Å². The summed E-state index contributed by atoms with van der Waals surface area (Å²) >= 11 is 0. The van der Waals surface area contributed by atoms with Gasteiger partial charge in [-0.2, -0.15) is 10.5 Å². The van der Waals surface area contributed by atoms with Crippen molar-refractivity contribution in [3.05, 3.63) is 192 Å². The fourth-order valence-corrected chi connectivity index (χ4v) is 7.21. The molecule has 9 rings (SSSR count). The van der Waals surface area contributed by atoms with E-state index >= 15 is 0 Å². The van der Waals surface area contributed by atoms with Gasteiger partial charge in [0.1, 0.15) is 0 Å². The first-order valence-corrected chi connectivity index (χ1v) is 17.9. The fourth-order valence-electron chi connectivity index (χ4n) is 7.21. The minimum absolute atomic E-state index is 0.464. The first-order chi connectivity index (χ1) is 28.0. The van der Waals surface area contributed by atoms with Crippen LogP contribution in [0.5, 0.6) is 0 Å². The SMILES string of the molecule is [C-]#[N+]c1ccc(-c2cc(-c3nc(-c4ccccc4)nc(-c4ccccc4)n3)cc(-c3ccc(C#N)cc3)c2-n2c3ccc(C#N)cc3c3cc([N+]#[C-])ccc32)cc1. The minimum Gasteiger partial charge on any atom is -0.308 e. The van der Waals surface area contributed by atoms with Gasteiger partial charge in [0.2, 0.25) is 0 Å². The Morgan fingerprint density at radius 1 is 0.439 bits per heavy atom. The Balaban J connectivity index is 1.43. The van der Waals surface area contributed by atoms with Crippen molar-refractivity contribution in [2.45, 2.75) is 0 Å². The Labute approximate surface area is 328 Å². The van der Waals surface area contributed by atoms with E-state index in [0.29, 0.717) is 40.0 Å². The molecule has 0 aliphatic heterocycles. The lowest BCUT2D eigenvalue weighted by molar-refractivity contribution is 1.07. The standard InChI is InChI=1S/C49H26N8/c1-52-38-20-18-34(19-21-38)41-27-37(49-55-47(35-9-5-3-6-10-35)54-48(56-49)36-11-7-4-8-12-36)26-40(33-16-13-31(29-50)14-17-33)46(41)57-44-23-15-32(30-51)25-42(44)43-28-39(53-2)22-24-45(43)57/h3-28H. The van der Waals surface area contributed by atoms with Crippen molar-refractivity contribution >= 4 is 33.2 Å². The molecule has 7 aromatic carbocycles. The van der Waals surface area contributed by atoms with Crippen LogP contribution in [0.3, 0.4) is 0 Å². The van der Waals surface area contributed by atoms with Gasteiger partial charge in [-0.05, 0) is 71.1 Å². The van der Waals surface area contributed by atoms with Crippen molar-refractivity contribution in [1.29, 1.82) is 10.5 Å². The topological polar surface area (TPSA) is 99.9 Å². The second-order valence-electron chi connectivity index (χ2n) is 13.3. The number of nitriles is 2. The lowest BCUT2D eigenvalue weighted by Crippen LogP contribution is -2.04. The molecule has 8 heteroatoms. The Kier molecular flexibility index (Phi) is 8.54. The molecule has 0 saturated carbocycles. The van der Waals surface area contributed by atoms with Crippen LogP contribution in [0.1, 0.15) is 11.1 Å². The summed E-state index contributed by atoms with van der Waals surface area (Å²) in [5.74, 6) is 1.52. The van der Waals surface area contributed by atoms with E-state index in [2.05, 4.69) is 38.5 Å². The predicted octanol–water partition coefficient (Wildman–Crippen LogP) is 12.1. The molecule has 0 N–H and O–H groups in total. The quantitative estimate of drug-likeness (QED) is 0.159. The molecule has 9 aromatic rings. The first-order valence-electron chi connectivity index (χ1n) is 17.9. The van der Waals surface area contributed by atoms with Gasteiger partial charge >= 0.3 is 0 Å². The molecule has 2 heterocycles. The summed E-state index contributed by atoms with van der Waals surface area (Å²) < 4.78 is 2.17. The maximum absolute atomic E-state index is 9.92. The maximum atomic E-state index is 9.92. The Morgan fingerprint density at radius 2 is 0.895 bits per heavy atom. The summed E-state index contributed by atoms with van der Waals surface area (Å²) in [6.07, 6.45) is 0. The van der Waals surface area contributed by atoms with Gasteiger partial charge in [-0.1, -0.05) is 103 Å². The van der Waals surface area contributed by atoms with E-state index in [1.807, 2.05) is 109 Å². The number of nitrogens with zero attached hydrogens (tertiary/aromatic N) is 8. The summed E-state index contributed by atoms with van der Waals surface area (Å²) in [5.41, 5.74) is 10.3. The molecule has 0 amide bonds. The molecule has 0 bridgehead atoms. The summed E-state index contributed by atoms with van der Waals surface area (Å²) in [4.78, 5) is 22.5. The molecule has 8 nitrogen and oxygen atoms in total. The highest BCUT2D eigenvalue weighted by Crippen LogP contribution is 2.45. The van der Waals surface area contributed by atoms with Gasteiger partial charge in [0, 0.05) is 33.2 Å². The largest absolute Gasteiger partial charge is 0.308 e. The number of fused-ring (bicyclic) bond motifs is 3. The molecule has 262 valence electrons. The van der Waals surface area contributed by atoms with Crippen molar-refractivity contribution < 1.29 is 0 Å². The van der Waals surface area contributed by atoms with Gasteiger partial charge in [0.25, 0.3) is 0 Å². The monoisotopic (exact) mass is 726 g/mol. The number of benzene rings is 7. The first kappa shape index (κ1) is 34.1. The van der Waals surface area contributed by atoms with E-state index in [4.69, 9.17) is 28.1 Å². The van der Waals surface area contributed by atoms with Crippen molar-refractivity contribution in [3.8, 4) is 74.2 Å². The highest BCUT2D eigenvalue weighted by molar-refractivity contribution is 6.12. The molecule has 0 aliphatic rings. The van der Waals surface area contributed by atoms with Gasteiger partial charge in [-0.25, -0.2) is 24.6 Å². The van der Waals surface area contributed by atoms with Gasteiger partial charge in [0.15, 0.2) is 28.8 Å². The number of aromatic nitrogens is 4. The van der Waals surface area contributed by atoms with Crippen molar-refractivity contribution in [2.24, 2.45) is 0 Å². The highest BCUT2D eigenvalue weighted by atomic mass is 15.0. The van der Waals surface area contributed by atoms with E-state index < -0.39 is 0 Å². The molecule has 0 spiro atoms. The van der Waals surface area contributed by atoms with Crippen LogP contribution in [0.15, 0.2) is 158 Å². The summed E-state index contributed by atoms with van der Waals surface area (Å²) in [5, 5.41) is 21.3. The predicted molar refractivity (Wildman–Crippen MR) is 223 cm³/mol. The third-order valence-electron chi connectivity index (χ3n) is 9.93. The molecular formula is C49H26N8. The summed E-state index contributed by atoms with van der Waals surface area (Å²) in [7, 11) is 0. The van der Waals surface area contributed by atoms with E-state index in [-0.39, 0.29) is 0 Å². The molecule has 2 aromatic heterocycles. The van der Waals surface area contributed by atoms with Crippen molar-refractivity contribution in [2.75, 3.05) is 0 Å². The van der Waals surface area contributed by atoms with Crippen molar-refractivity contribution in [1.82, 2.24) is 19.5 Å². The molecule has 0 aliphatic carbocycles. The van der Waals surface area contributed by atoms with Crippen LogP contribution in [0, 0.1) is 35.8 Å². The Bertz CT molecular complexity index is 2990. The zero-order valence-corrected chi connectivity index (χ0v) is 30.1.